The summed E-state index contributed by atoms with van der Waals surface area (Å²) < 4.78 is 7.50. The number of hydrogen-bond acceptors (Lipinski definition) is 3. The molecule has 0 spiro atoms. The second kappa shape index (κ2) is 4.69. The van der Waals surface area contributed by atoms with Crippen LogP contribution in [0, 0.1) is 0 Å². The third-order valence-corrected chi connectivity index (χ3v) is 4.90. The number of aromatic nitrogens is 1. The number of β-amino-alcohol motifs (C(OH)–C–C–N with tert-alkyl or cyclic N) is 1. The molecule has 4 rings (SSSR count). The van der Waals surface area contributed by atoms with Crippen LogP contribution in [0.2, 0.25) is 0 Å². The summed E-state index contributed by atoms with van der Waals surface area (Å²) in [5.74, 6) is 0. The van der Waals surface area contributed by atoms with Crippen molar-refractivity contribution in [2.24, 2.45) is 0 Å². The lowest BCUT2D eigenvalue weighted by Gasteiger charge is -2.42. The lowest BCUT2D eigenvalue weighted by molar-refractivity contribution is 0.0542. The molecule has 2 atom stereocenters. The lowest BCUT2D eigenvalue weighted by Crippen LogP contribution is -2.49. The third-order valence-electron chi connectivity index (χ3n) is 4.90. The summed E-state index contributed by atoms with van der Waals surface area (Å²) in [7, 11) is 3.83. The predicted molar refractivity (Wildman–Crippen MR) is 87.7 cm³/mol. The van der Waals surface area contributed by atoms with Gasteiger partial charge in [-0.25, -0.2) is 0 Å². The Morgan fingerprint density at radius 1 is 1.41 bits per heavy atom. The van der Waals surface area contributed by atoms with Gasteiger partial charge in [-0.05, 0) is 49.2 Å². The van der Waals surface area contributed by atoms with E-state index in [1.807, 2.05) is 6.92 Å². The van der Waals surface area contributed by atoms with Crippen molar-refractivity contribution >= 4 is 16.5 Å². The number of likely N-dealkylation sites (N-methyl/N-ethyl adjacent to an activating group) is 1. The number of hydrogen-bond donors (Lipinski definition) is 1. The number of ether oxygens (including phenoxy) is 1. The molecule has 2 aromatic rings. The first-order valence-electron chi connectivity index (χ1n) is 7.75. The van der Waals surface area contributed by atoms with Crippen LogP contribution in [0.4, 0.5) is 0 Å². The molecule has 4 heteroatoms. The molecule has 1 aromatic heterocycles. The van der Waals surface area contributed by atoms with Crippen molar-refractivity contribution in [3.63, 3.8) is 0 Å². The Balaban J connectivity index is 1.97. The fourth-order valence-electron chi connectivity index (χ4n) is 4.14. The van der Waals surface area contributed by atoms with E-state index in [1.54, 1.807) is 7.11 Å². The fourth-order valence-corrected chi connectivity index (χ4v) is 4.14. The van der Waals surface area contributed by atoms with Gasteiger partial charge in [0.1, 0.15) is 6.73 Å². The van der Waals surface area contributed by atoms with Crippen LogP contribution in [-0.2, 0) is 17.9 Å². The predicted octanol–water partition coefficient (Wildman–Crippen LogP) is 2.25. The van der Waals surface area contributed by atoms with Crippen LogP contribution in [0.25, 0.3) is 16.5 Å². The van der Waals surface area contributed by atoms with Crippen LogP contribution in [0.3, 0.4) is 0 Å². The van der Waals surface area contributed by atoms with Crippen molar-refractivity contribution in [2.75, 3.05) is 20.7 Å². The molecule has 1 aliphatic carbocycles. The van der Waals surface area contributed by atoms with E-state index in [1.165, 1.54) is 27.6 Å². The van der Waals surface area contributed by atoms with Crippen molar-refractivity contribution in [1.82, 2.24) is 9.47 Å². The Morgan fingerprint density at radius 3 is 3.00 bits per heavy atom. The van der Waals surface area contributed by atoms with Gasteiger partial charge >= 0.3 is 0 Å². The molecule has 2 aliphatic rings. The number of benzene rings is 1. The number of rotatable bonds is 2. The van der Waals surface area contributed by atoms with E-state index in [2.05, 4.69) is 47.0 Å². The van der Waals surface area contributed by atoms with Gasteiger partial charge in [-0.3, -0.25) is 4.90 Å². The van der Waals surface area contributed by atoms with Gasteiger partial charge in [0.05, 0.1) is 11.1 Å². The van der Waals surface area contributed by atoms with Crippen LogP contribution in [0.15, 0.2) is 30.5 Å². The quantitative estimate of drug-likeness (QED) is 0.924. The molecule has 116 valence electrons. The minimum Gasteiger partial charge on any atom is -0.385 e. The molecule has 0 saturated carbocycles. The van der Waals surface area contributed by atoms with Crippen molar-refractivity contribution in [2.45, 2.75) is 31.7 Å². The molecule has 0 fully saturated rings. The summed E-state index contributed by atoms with van der Waals surface area (Å²) in [4.78, 5) is 2.27. The molecule has 1 aromatic carbocycles. The van der Waals surface area contributed by atoms with Crippen molar-refractivity contribution < 1.29 is 9.84 Å². The average Bonchev–Trinajstić information content (AvgIpc) is 2.80. The van der Waals surface area contributed by atoms with Crippen molar-refractivity contribution in [1.29, 1.82) is 0 Å². The van der Waals surface area contributed by atoms with E-state index in [0.717, 1.165) is 6.42 Å². The average molecular weight is 298 g/mol. The van der Waals surface area contributed by atoms with Gasteiger partial charge < -0.3 is 14.4 Å². The zero-order valence-corrected chi connectivity index (χ0v) is 13.3. The summed E-state index contributed by atoms with van der Waals surface area (Å²) in [6.07, 6.45) is 5.26. The number of aliphatic hydroxyl groups is 1. The lowest BCUT2D eigenvalue weighted by atomic mass is 9.79. The summed E-state index contributed by atoms with van der Waals surface area (Å²) >= 11 is 0. The Hall–Kier alpha value is -1.62. The highest BCUT2D eigenvalue weighted by Crippen LogP contribution is 2.42. The largest absolute Gasteiger partial charge is 0.385 e. The zero-order valence-electron chi connectivity index (χ0n) is 13.3. The first-order valence-corrected chi connectivity index (χ1v) is 7.75. The smallest absolute Gasteiger partial charge is 0.122 e. The van der Waals surface area contributed by atoms with Crippen molar-refractivity contribution in [3.05, 3.63) is 41.6 Å². The monoisotopic (exact) mass is 298 g/mol. The maximum absolute atomic E-state index is 10.5. The van der Waals surface area contributed by atoms with Crippen LogP contribution in [0.5, 0.6) is 0 Å². The topological polar surface area (TPSA) is 37.6 Å². The van der Waals surface area contributed by atoms with E-state index >= 15 is 0 Å². The molecule has 0 saturated heterocycles. The Bertz CT molecular complexity index is 773. The van der Waals surface area contributed by atoms with Crippen LogP contribution in [-0.4, -0.2) is 46.9 Å². The van der Waals surface area contributed by atoms with Crippen LogP contribution < -0.4 is 0 Å². The highest BCUT2D eigenvalue weighted by Gasteiger charge is 2.37. The van der Waals surface area contributed by atoms with E-state index in [0.29, 0.717) is 19.3 Å². The summed E-state index contributed by atoms with van der Waals surface area (Å²) in [6.45, 7) is 3.13. The standard InChI is InChI=1S/C18H22N2O2/c1-18(21)8-14-13-5-4-6-15-17(13)12(9-20(15)11-22-3)7-16(14)19(2)10-18/h4-6,8-9,16,21H,7,10-11H2,1-3H3/t16-,18+/m1/s1. The Morgan fingerprint density at radius 2 is 2.23 bits per heavy atom. The van der Waals surface area contributed by atoms with E-state index in [9.17, 15) is 5.11 Å². The van der Waals surface area contributed by atoms with Gasteiger partial charge in [-0.1, -0.05) is 12.1 Å². The zero-order chi connectivity index (χ0) is 15.5. The Labute approximate surface area is 130 Å². The molecule has 1 N–H and O–H groups in total. The number of methoxy groups -OCH3 is 1. The second-order valence-electron chi connectivity index (χ2n) is 6.83. The summed E-state index contributed by atoms with van der Waals surface area (Å²) in [5, 5.41) is 11.8. The molecule has 2 heterocycles. The van der Waals surface area contributed by atoms with E-state index < -0.39 is 5.60 Å². The van der Waals surface area contributed by atoms with E-state index in [-0.39, 0.29) is 0 Å². The molecule has 0 bridgehead atoms. The molecule has 0 radical (unpaired) electrons. The van der Waals surface area contributed by atoms with Gasteiger partial charge in [0.2, 0.25) is 0 Å². The first-order chi connectivity index (χ1) is 10.5. The van der Waals surface area contributed by atoms with Crippen molar-refractivity contribution in [3.8, 4) is 0 Å². The number of fused-ring (bicyclic) bond motifs is 2. The molecule has 22 heavy (non-hydrogen) atoms. The highest BCUT2D eigenvalue weighted by molar-refractivity contribution is 5.98. The molecular formula is C18H22N2O2. The minimum absolute atomic E-state index is 0.344. The number of nitrogens with zero attached hydrogens (tertiary/aromatic N) is 2. The molecule has 0 unspecified atom stereocenters. The summed E-state index contributed by atoms with van der Waals surface area (Å²) in [5.41, 5.74) is 4.33. The van der Waals surface area contributed by atoms with Gasteiger partial charge in [0, 0.05) is 31.3 Å². The highest BCUT2D eigenvalue weighted by atomic mass is 16.5. The SMILES string of the molecule is COCn1cc2c3c(cccc31)C1=C[C@](C)(O)CN(C)[C@@H]1C2. The molecule has 4 nitrogen and oxygen atoms in total. The first kappa shape index (κ1) is 14.0. The molecule has 0 amide bonds. The summed E-state index contributed by atoms with van der Waals surface area (Å²) in [6, 6.07) is 6.76. The maximum atomic E-state index is 10.5. The second-order valence-corrected chi connectivity index (χ2v) is 6.83. The maximum Gasteiger partial charge on any atom is 0.122 e. The Kier molecular flexibility index (Phi) is 2.98. The molecular weight excluding hydrogens is 276 g/mol. The molecule has 1 aliphatic heterocycles. The normalized spacial score (nSPS) is 27.8. The van der Waals surface area contributed by atoms with Crippen LogP contribution in [0.1, 0.15) is 18.1 Å². The van der Waals surface area contributed by atoms with Gasteiger partial charge in [0.15, 0.2) is 0 Å². The van der Waals surface area contributed by atoms with Gasteiger partial charge in [-0.15, -0.1) is 0 Å². The van der Waals surface area contributed by atoms with Gasteiger partial charge in [0.25, 0.3) is 0 Å². The third kappa shape index (κ3) is 1.95. The van der Waals surface area contributed by atoms with E-state index in [4.69, 9.17) is 4.74 Å². The van der Waals surface area contributed by atoms with Gasteiger partial charge in [-0.2, -0.15) is 0 Å². The van der Waals surface area contributed by atoms with Crippen LogP contribution >= 0.6 is 0 Å². The fraction of sp³-hybridized carbons (Fsp3) is 0.444. The minimum atomic E-state index is -0.769.